The van der Waals surface area contributed by atoms with Crippen molar-refractivity contribution in [3.05, 3.63) is 23.8 Å². The van der Waals surface area contributed by atoms with Gasteiger partial charge in [-0.2, -0.15) is 0 Å². The number of aliphatic hydroxyl groups is 6. The van der Waals surface area contributed by atoms with Crippen molar-refractivity contribution in [2.45, 2.75) is 94.0 Å². The first-order chi connectivity index (χ1) is 18.4. The Morgan fingerprint density at radius 3 is 2.28 bits per heavy atom. The van der Waals surface area contributed by atoms with Crippen LogP contribution in [0.3, 0.4) is 0 Å². The van der Waals surface area contributed by atoms with Gasteiger partial charge in [-0.25, -0.2) is 0 Å². The van der Waals surface area contributed by atoms with E-state index >= 15 is 0 Å². The second kappa shape index (κ2) is 14.1. The van der Waals surface area contributed by atoms with Gasteiger partial charge in [-0.1, -0.05) is 18.2 Å². The molecule has 11 atom stereocenters. The molecule has 2 aliphatic heterocycles. The first-order valence-corrected chi connectivity index (χ1v) is 12.7. The molecule has 0 radical (unpaired) electrons. The number of carbonyl (C=O) groups is 2. The summed E-state index contributed by atoms with van der Waals surface area (Å²) in [6, 6.07) is 0. The zero-order valence-corrected chi connectivity index (χ0v) is 21.6. The Morgan fingerprint density at radius 1 is 1.00 bits per heavy atom. The molecule has 14 heteroatoms. The summed E-state index contributed by atoms with van der Waals surface area (Å²) in [6.45, 7) is 4.81. The predicted octanol–water partition coefficient (Wildman–Crippen LogP) is -2.04. The Balaban J connectivity index is 1.69. The van der Waals surface area contributed by atoms with Gasteiger partial charge in [0.15, 0.2) is 12.6 Å². The van der Waals surface area contributed by atoms with Gasteiger partial charge in [0.2, 0.25) is 0 Å². The number of rotatable bonds is 11. The fraction of sp³-hybridized carbons (Fsp3) is 0.760. The summed E-state index contributed by atoms with van der Waals surface area (Å²) in [5.41, 5.74) is 2.05. The van der Waals surface area contributed by atoms with Crippen molar-refractivity contribution in [3.8, 4) is 0 Å². The molecule has 2 saturated heterocycles. The molecule has 7 N–H and O–H groups in total. The molecule has 1 aliphatic carbocycles. The van der Waals surface area contributed by atoms with E-state index in [1.807, 2.05) is 0 Å². The van der Waals surface area contributed by atoms with E-state index in [0.717, 1.165) is 24.8 Å². The average molecular weight is 563 g/mol. The van der Waals surface area contributed by atoms with Crippen LogP contribution in [0.2, 0.25) is 0 Å². The number of carboxylic acid groups (broad SMARTS) is 1. The minimum absolute atomic E-state index is 0.000610. The summed E-state index contributed by atoms with van der Waals surface area (Å²) in [7, 11) is 0. The highest BCUT2D eigenvalue weighted by Gasteiger charge is 2.51. The number of aliphatic carboxylic acids is 1. The number of carbonyl (C=O) groups excluding carboxylic acids is 1. The van der Waals surface area contributed by atoms with Gasteiger partial charge in [-0.15, -0.1) is 0 Å². The standard InChI is InChI=1S/C25H38O14/c1-11-3-5-13(6-4-11)12(2)9-36-25-23(21(33)18(30)14(8-26)37-25)39-24-22(34)20(32)19(31)15(38-24)10-35-17(29)7-16(27)28/h3,13-15,18-26,30-34H,2,4-10H2,1H3,(H,27,28)/t13?,14-,15-,18-,19-,20+,21+,22-,23-,24+,25-/m1/s1. The van der Waals surface area contributed by atoms with E-state index in [-0.39, 0.29) is 12.5 Å². The fourth-order valence-corrected chi connectivity index (χ4v) is 4.65. The van der Waals surface area contributed by atoms with E-state index in [1.54, 1.807) is 0 Å². The third-order valence-corrected chi connectivity index (χ3v) is 7.14. The van der Waals surface area contributed by atoms with E-state index < -0.39 is 93.0 Å². The van der Waals surface area contributed by atoms with Crippen molar-refractivity contribution in [2.75, 3.05) is 19.8 Å². The van der Waals surface area contributed by atoms with Gasteiger partial charge in [0, 0.05) is 0 Å². The van der Waals surface area contributed by atoms with Crippen LogP contribution in [0, 0.1) is 5.92 Å². The van der Waals surface area contributed by atoms with Crippen LogP contribution in [0.25, 0.3) is 0 Å². The summed E-state index contributed by atoms with van der Waals surface area (Å²) in [6.07, 6.45) is -12.2. The molecular weight excluding hydrogens is 524 g/mol. The van der Waals surface area contributed by atoms with Crippen LogP contribution in [-0.2, 0) is 33.3 Å². The molecule has 14 nitrogen and oxygen atoms in total. The highest BCUT2D eigenvalue weighted by Crippen LogP contribution is 2.32. The van der Waals surface area contributed by atoms with Crippen LogP contribution in [0.5, 0.6) is 0 Å². The van der Waals surface area contributed by atoms with Crippen LogP contribution in [0.4, 0.5) is 0 Å². The van der Waals surface area contributed by atoms with Gasteiger partial charge < -0.3 is 59.4 Å². The number of carboxylic acids is 1. The van der Waals surface area contributed by atoms with Crippen molar-refractivity contribution in [3.63, 3.8) is 0 Å². The largest absolute Gasteiger partial charge is 0.481 e. The van der Waals surface area contributed by atoms with E-state index in [4.69, 9.17) is 28.8 Å². The smallest absolute Gasteiger partial charge is 0.317 e. The number of allylic oxidation sites excluding steroid dienone is 2. The van der Waals surface area contributed by atoms with Crippen LogP contribution in [0.1, 0.15) is 32.6 Å². The molecule has 39 heavy (non-hydrogen) atoms. The lowest BCUT2D eigenvalue weighted by Gasteiger charge is -2.46. The maximum Gasteiger partial charge on any atom is 0.317 e. The lowest BCUT2D eigenvalue weighted by Crippen LogP contribution is -2.64. The van der Waals surface area contributed by atoms with E-state index in [2.05, 4.69) is 19.6 Å². The third-order valence-electron chi connectivity index (χ3n) is 7.14. The molecule has 0 aromatic heterocycles. The maximum atomic E-state index is 11.6. The molecule has 3 aliphatic rings. The number of hydrogen-bond donors (Lipinski definition) is 7. The second-order valence-corrected chi connectivity index (χ2v) is 10.1. The average Bonchev–Trinajstić information content (AvgIpc) is 2.90. The summed E-state index contributed by atoms with van der Waals surface area (Å²) in [5.74, 6) is -2.40. The first kappa shape index (κ1) is 31.5. The normalized spacial score (nSPS) is 39.1. The maximum absolute atomic E-state index is 11.6. The second-order valence-electron chi connectivity index (χ2n) is 10.1. The Kier molecular flexibility index (Phi) is 11.4. The summed E-state index contributed by atoms with van der Waals surface area (Å²) in [5, 5.41) is 70.5. The van der Waals surface area contributed by atoms with Crippen molar-refractivity contribution >= 4 is 11.9 Å². The molecule has 0 amide bonds. The van der Waals surface area contributed by atoms with Crippen molar-refractivity contribution < 1.29 is 69.0 Å². The molecule has 0 aromatic carbocycles. The van der Waals surface area contributed by atoms with E-state index in [9.17, 15) is 40.2 Å². The quantitative estimate of drug-likeness (QED) is 0.0819. The highest BCUT2D eigenvalue weighted by atomic mass is 16.8. The van der Waals surface area contributed by atoms with Crippen LogP contribution < -0.4 is 0 Å². The van der Waals surface area contributed by atoms with Crippen LogP contribution >= 0.6 is 0 Å². The summed E-state index contributed by atoms with van der Waals surface area (Å²) in [4.78, 5) is 22.2. The topological polar surface area (TPSA) is 222 Å². The van der Waals surface area contributed by atoms with Gasteiger partial charge >= 0.3 is 11.9 Å². The zero-order valence-electron chi connectivity index (χ0n) is 21.6. The Labute approximate surface area is 225 Å². The zero-order chi connectivity index (χ0) is 28.9. The lowest BCUT2D eigenvalue weighted by atomic mass is 9.85. The van der Waals surface area contributed by atoms with Crippen molar-refractivity contribution in [2.24, 2.45) is 5.92 Å². The first-order valence-electron chi connectivity index (χ1n) is 12.7. The number of hydrogen-bond acceptors (Lipinski definition) is 13. The minimum Gasteiger partial charge on any atom is -0.481 e. The van der Waals surface area contributed by atoms with Crippen molar-refractivity contribution in [1.29, 1.82) is 0 Å². The Hall–Kier alpha value is -1.98. The third kappa shape index (κ3) is 8.04. The van der Waals surface area contributed by atoms with Gasteiger partial charge in [0.1, 0.15) is 61.9 Å². The number of ether oxygens (including phenoxy) is 5. The summed E-state index contributed by atoms with van der Waals surface area (Å²) < 4.78 is 27.4. The number of aliphatic hydroxyl groups excluding tert-OH is 6. The van der Waals surface area contributed by atoms with E-state index in [0.29, 0.717) is 0 Å². The summed E-state index contributed by atoms with van der Waals surface area (Å²) >= 11 is 0. The molecule has 0 aromatic rings. The Morgan fingerprint density at radius 2 is 1.67 bits per heavy atom. The molecule has 222 valence electrons. The molecule has 3 rings (SSSR count). The monoisotopic (exact) mass is 562 g/mol. The van der Waals surface area contributed by atoms with Gasteiger partial charge in [0.05, 0.1) is 13.2 Å². The minimum atomic E-state index is -1.85. The van der Waals surface area contributed by atoms with E-state index in [1.165, 1.54) is 5.57 Å². The Bertz CT molecular complexity index is 892. The molecule has 0 spiro atoms. The fourth-order valence-electron chi connectivity index (χ4n) is 4.65. The van der Waals surface area contributed by atoms with Gasteiger partial charge in [-0.05, 0) is 37.7 Å². The molecule has 0 saturated carbocycles. The molecule has 0 bridgehead atoms. The molecule has 1 unspecified atom stereocenters. The lowest BCUT2D eigenvalue weighted by molar-refractivity contribution is -0.366. The highest BCUT2D eigenvalue weighted by molar-refractivity contribution is 5.90. The SMILES string of the molecule is C=C(CO[C@@H]1O[C@H](CO)[C@@H](O)[C@H](O)[C@H]1O[C@@H]1O[C@H](COC(=O)CC(=O)O)[C@@H](O)[C@H](O)[C@H]1O)C1CC=C(C)CC1. The van der Waals surface area contributed by atoms with Crippen LogP contribution in [0.15, 0.2) is 23.8 Å². The van der Waals surface area contributed by atoms with Gasteiger partial charge in [0.25, 0.3) is 0 Å². The van der Waals surface area contributed by atoms with Gasteiger partial charge in [-0.3, -0.25) is 9.59 Å². The molecular formula is C25H38O14. The van der Waals surface area contributed by atoms with Crippen LogP contribution in [-0.4, -0.2) is 129 Å². The van der Waals surface area contributed by atoms with Crippen molar-refractivity contribution in [1.82, 2.24) is 0 Å². The number of esters is 1. The molecule has 2 heterocycles. The molecule has 2 fully saturated rings. The predicted molar refractivity (Wildman–Crippen MR) is 129 cm³/mol.